The van der Waals surface area contributed by atoms with Crippen LogP contribution in [0.25, 0.3) is 0 Å². The van der Waals surface area contributed by atoms with Crippen molar-refractivity contribution in [3.63, 3.8) is 0 Å². The first-order chi connectivity index (χ1) is 7.69. The third kappa shape index (κ3) is 3.60. The summed E-state index contributed by atoms with van der Waals surface area (Å²) in [4.78, 5) is 0. The molecule has 0 aromatic heterocycles. The van der Waals surface area contributed by atoms with E-state index in [1.165, 1.54) is 12.1 Å². The van der Waals surface area contributed by atoms with E-state index >= 15 is 0 Å². The largest absolute Gasteiger partial charge is 0.388 e. The summed E-state index contributed by atoms with van der Waals surface area (Å²) in [7, 11) is 0. The van der Waals surface area contributed by atoms with Crippen LogP contribution in [0.5, 0.6) is 0 Å². The van der Waals surface area contributed by atoms with Crippen LogP contribution in [0.4, 0.5) is 4.39 Å². The Hall–Kier alpha value is -0.890. The molecule has 1 nitrogen and oxygen atoms in total. The zero-order chi connectivity index (χ0) is 12.0. The average molecular weight is 224 g/mol. The van der Waals surface area contributed by atoms with Gasteiger partial charge in [-0.2, -0.15) is 0 Å². The highest BCUT2D eigenvalue weighted by molar-refractivity contribution is 5.19. The van der Waals surface area contributed by atoms with E-state index in [-0.39, 0.29) is 11.7 Å². The molecule has 0 bridgehead atoms. The van der Waals surface area contributed by atoms with Crippen LogP contribution in [0.15, 0.2) is 24.3 Å². The van der Waals surface area contributed by atoms with Crippen LogP contribution in [0, 0.1) is 11.7 Å². The predicted octanol–water partition coefficient (Wildman–Crippen LogP) is 4.08. The van der Waals surface area contributed by atoms with Crippen LogP contribution < -0.4 is 0 Å². The van der Waals surface area contributed by atoms with Gasteiger partial charge in [0.2, 0.25) is 0 Å². The number of halogens is 1. The number of hydrogen-bond donors (Lipinski definition) is 1. The zero-order valence-corrected chi connectivity index (χ0v) is 10.1. The molecule has 1 rings (SSSR count). The zero-order valence-electron chi connectivity index (χ0n) is 10.1. The molecule has 90 valence electrons. The summed E-state index contributed by atoms with van der Waals surface area (Å²) >= 11 is 0. The third-order valence-electron chi connectivity index (χ3n) is 2.96. The molecule has 0 aliphatic heterocycles. The minimum absolute atomic E-state index is 0.247. The maximum atomic E-state index is 13.1. The summed E-state index contributed by atoms with van der Waals surface area (Å²) < 4.78 is 13.1. The Morgan fingerprint density at radius 3 is 2.31 bits per heavy atom. The molecule has 0 saturated carbocycles. The van der Waals surface area contributed by atoms with Crippen molar-refractivity contribution in [2.45, 2.75) is 45.6 Å². The molecule has 2 heteroatoms. The summed E-state index contributed by atoms with van der Waals surface area (Å²) in [5, 5.41) is 10.2. The van der Waals surface area contributed by atoms with Gasteiger partial charge in [-0.05, 0) is 36.5 Å². The van der Waals surface area contributed by atoms with Gasteiger partial charge in [0.1, 0.15) is 5.82 Å². The molecule has 1 atom stereocenters. The second-order valence-electron chi connectivity index (χ2n) is 4.34. The van der Waals surface area contributed by atoms with Crippen molar-refractivity contribution in [3.8, 4) is 0 Å². The fraction of sp³-hybridized carbons (Fsp3) is 0.571. The van der Waals surface area contributed by atoms with Crippen molar-refractivity contribution >= 4 is 0 Å². The Bertz CT molecular complexity index is 305. The van der Waals surface area contributed by atoms with Gasteiger partial charge >= 0.3 is 0 Å². The Morgan fingerprint density at radius 2 is 1.81 bits per heavy atom. The number of hydrogen-bond acceptors (Lipinski definition) is 1. The monoisotopic (exact) mass is 224 g/mol. The van der Waals surface area contributed by atoms with E-state index in [1.54, 1.807) is 12.1 Å². The van der Waals surface area contributed by atoms with Crippen molar-refractivity contribution < 1.29 is 9.50 Å². The van der Waals surface area contributed by atoms with Crippen molar-refractivity contribution in [1.29, 1.82) is 0 Å². The molecule has 0 saturated heterocycles. The molecule has 1 aromatic rings. The summed E-state index contributed by atoms with van der Waals surface area (Å²) in [6, 6.07) is 6.29. The second kappa shape index (κ2) is 6.64. The first-order valence-electron chi connectivity index (χ1n) is 6.12. The molecule has 0 radical (unpaired) electrons. The fourth-order valence-electron chi connectivity index (χ4n) is 2.16. The molecule has 0 heterocycles. The standard InChI is InChI=1S/C14H21FO/c1-3-6-11(7-4-2)14(16)12-8-5-9-13(15)10-12/h5,8-11,14,16H,3-4,6-7H2,1-2H3. The van der Waals surface area contributed by atoms with Gasteiger partial charge in [0.15, 0.2) is 0 Å². The average Bonchev–Trinajstić information content (AvgIpc) is 2.28. The van der Waals surface area contributed by atoms with Gasteiger partial charge in [0, 0.05) is 0 Å². The van der Waals surface area contributed by atoms with Crippen LogP contribution in [-0.4, -0.2) is 5.11 Å². The van der Waals surface area contributed by atoms with Crippen molar-refractivity contribution in [2.75, 3.05) is 0 Å². The molecule has 1 unspecified atom stereocenters. The van der Waals surface area contributed by atoms with Crippen LogP contribution >= 0.6 is 0 Å². The molecule has 0 aliphatic carbocycles. The van der Waals surface area contributed by atoms with Crippen LogP contribution in [0.3, 0.4) is 0 Å². The van der Waals surface area contributed by atoms with E-state index in [9.17, 15) is 9.50 Å². The van der Waals surface area contributed by atoms with Gasteiger partial charge in [-0.1, -0.05) is 38.8 Å². The van der Waals surface area contributed by atoms with Gasteiger partial charge in [-0.3, -0.25) is 0 Å². The van der Waals surface area contributed by atoms with Crippen LogP contribution in [-0.2, 0) is 0 Å². The highest BCUT2D eigenvalue weighted by Gasteiger charge is 2.19. The highest BCUT2D eigenvalue weighted by atomic mass is 19.1. The van der Waals surface area contributed by atoms with Gasteiger partial charge < -0.3 is 5.11 Å². The van der Waals surface area contributed by atoms with Crippen LogP contribution in [0.2, 0.25) is 0 Å². The van der Waals surface area contributed by atoms with Gasteiger partial charge in [0.25, 0.3) is 0 Å². The van der Waals surface area contributed by atoms with Crippen LogP contribution in [0.1, 0.15) is 51.2 Å². The normalized spacial score (nSPS) is 13.1. The molecular formula is C14H21FO. The molecule has 1 aromatic carbocycles. The second-order valence-corrected chi connectivity index (χ2v) is 4.34. The summed E-state index contributed by atoms with van der Waals surface area (Å²) in [6.07, 6.45) is 3.56. The first kappa shape index (κ1) is 13.2. The van der Waals surface area contributed by atoms with E-state index < -0.39 is 6.10 Å². The number of benzene rings is 1. The van der Waals surface area contributed by atoms with Crippen molar-refractivity contribution in [3.05, 3.63) is 35.6 Å². The van der Waals surface area contributed by atoms with Gasteiger partial charge in [0.05, 0.1) is 6.10 Å². The first-order valence-corrected chi connectivity index (χ1v) is 6.12. The maximum absolute atomic E-state index is 13.1. The highest BCUT2D eigenvalue weighted by Crippen LogP contribution is 2.29. The van der Waals surface area contributed by atoms with Crippen molar-refractivity contribution in [2.24, 2.45) is 5.92 Å². The molecule has 0 spiro atoms. The Morgan fingerprint density at radius 1 is 1.19 bits per heavy atom. The number of aliphatic hydroxyl groups is 1. The Kier molecular flexibility index (Phi) is 5.47. The Balaban J connectivity index is 2.76. The summed E-state index contributed by atoms with van der Waals surface area (Å²) in [5.41, 5.74) is 0.701. The minimum Gasteiger partial charge on any atom is -0.388 e. The maximum Gasteiger partial charge on any atom is 0.123 e. The van der Waals surface area contributed by atoms with E-state index in [4.69, 9.17) is 0 Å². The molecule has 16 heavy (non-hydrogen) atoms. The molecule has 1 N–H and O–H groups in total. The third-order valence-corrected chi connectivity index (χ3v) is 2.96. The molecular weight excluding hydrogens is 203 g/mol. The van der Waals surface area contributed by atoms with E-state index in [2.05, 4.69) is 13.8 Å². The fourth-order valence-corrected chi connectivity index (χ4v) is 2.16. The molecule has 0 fully saturated rings. The van der Waals surface area contributed by atoms with Crippen molar-refractivity contribution in [1.82, 2.24) is 0 Å². The van der Waals surface area contributed by atoms with E-state index in [1.807, 2.05) is 0 Å². The quantitative estimate of drug-likeness (QED) is 0.772. The Labute approximate surface area is 97.3 Å². The van der Waals surface area contributed by atoms with E-state index in [0.29, 0.717) is 5.56 Å². The van der Waals surface area contributed by atoms with Gasteiger partial charge in [-0.15, -0.1) is 0 Å². The molecule has 0 aliphatic rings. The van der Waals surface area contributed by atoms with E-state index in [0.717, 1.165) is 25.7 Å². The molecule has 0 amide bonds. The van der Waals surface area contributed by atoms with Gasteiger partial charge in [-0.25, -0.2) is 4.39 Å². The topological polar surface area (TPSA) is 20.2 Å². The smallest absolute Gasteiger partial charge is 0.123 e. The summed E-state index contributed by atoms with van der Waals surface area (Å²) in [6.45, 7) is 4.22. The lowest BCUT2D eigenvalue weighted by Gasteiger charge is -2.22. The number of aliphatic hydroxyl groups excluding tert-OH is 1. The SMILES string of the molecule is CCCC(CCC)C(O)c1cccc(F)c1. The number of rotatable bonds is 6. The minimum atomic E-state index is -0.532. The predicted molar refractivity (Wildman–Crippen MR) is 64.7 cm³/mol. The lowest BCUT2D eigenvalue weighted by molar-refractivity contribution is 0.0961. The lowest BCUT2D eigenvalue weighted by Crippen LogP contribution is -2.12. The lowest BCUT2D eigenvalue weighted by atomic mass is 9.88. The summed E-state index contributed by atoms with van der Waals surface area (Å²) in [5.74, 6) is -0.0277.